The zero-order valence-corrected chi connectivity index (χ0v) is 14.9. The standard InChI is InChI=1S/C20H29NO/c1-19(2,3)14-8-7-9-15-13(12-14)10-11-16-17(15)22-21-18(16)20(4,5)6/h10-11,14H,7-9,12H2,1-6H3. The van der Waals surface area contributed by atoms with Gasteiger partial charge in [0.25, 0.3) is 0 Å². The largest absolute Gasteiger partial charge is 0.356 e. The number of fused-ring (bicyclic) bond motifs is 3. The molecule has 1 aromatic heterocycles. The maximum absolute atomic E-state index is 5.80. The van der Waals surface area contributed by atoms with Crippen LogP contribution in [0.4, 0.5) is 0 Å². The topological polar surface area (TPSA) is 26.0 Å². The number of hydrogen-bond donors (Lipinski definition) is 0. The Kier molecular flexibility index (Phi) is 3.62. The Labute approximate surface area is 134 Å². The summed E-state index contributed by atoms with van der Waals surface area (Å²) in [5, 5.41) is 5.61. The van der Waals surface area contributed by atoms with Crippen molar-refractivity contribution in [1.82, 2.24) is 5.16 Å². The zero-order valence-electron chi connectivity index (χ0n) is 14.9. The smallest absolute Gasteiger partial charge is 0.170 e. The molecule has 1 atom stereocenters. The molecule has 22 heavy (non-hydrogen) atoms. The first-order valence-electron chi connectivity index (χ1n) is 8.58. The average molecular weight is 299 g/mol. The molecule has 1 heterocycles. The number of rotatable bonds is 0. The fourth-order valence-corrected chi connectivity index (χ4v) is 3.74. The lowest BCUT2D eigenvalue weighted by Crippen LogP contribution is -2.21. The van der Waals surface area contributed by atoms with Crippen molar-refractivity contribution in [1.29, 1.82) is 0 Å². The molecule has 1 aliphatic rings. The molecular formula is C20H29NO. The summed E-state index contributed by atoms with van der Waals surface area (Å²) in [5.41, 5.74) is 5.40. The number of nitrogens with zero attached hydrogens (tertiary/aromatic N) is 1. The van der Waals surface area contributed by atoms with E-state index in [0.29, 0.717) is 5.41 Å². The van der Waals surface area contributed by atoms with Gasteiger partial charge in [0.1, 0.15) is 0 Å². The van der Waals surface area contributed by atoms with E-state index in [0.717, 1.165) is 23.6 Å². The lowest BCUT2D eigenvalue weighted by atomic mass is 9.75. The van der Waals surface area contributed by atoms with E-state index in [1.165, 1.54) is 35.8 Å². The predicted molar refractivity (Wildman–Crippen MR) is 92.3 cm³/mol. The van der Waals surface area contributed by atoms with Gasteiger partial charge in [-0.3, -0.25) is 0 Å². The maximum atomic E-state index is 5.80. The Morgan fingerprint density at radius 1 is 1.09 bits per heavy atom. The van der Waals surface area contributed by atoms with Crippen molar-refractivity contribution in [2.45, 2.75) is 72.6 Å². The molecule has 0 aliphatic heterocycles. The van der Waals surface area contributed by atoms with Crippen LogP contribution in [0, 0.1) is 11.3 Å². The van der Waals surface area contributed by atoms with E-state index in [-0.39, 0.29) is 5.41 Å². The predicted octanol–water partition coefficient (Wildman–Crippen LogP) is 5.67. The molecule has 0 N–H and O–H groups in total. The molecule has 0 bridgehead atoms. The lowest BCUT2D eigenvalue weighted by Gasteiger charge is -2.30. The van der Waals surface area contributed by atoms with Crippen molar-refractivity contribution in [3.8, 4) is 0 Å². The molecule has 1 aliphatic carbocycles. The zero-order chi connectivity index (χ0) is 16.1. The fourth-order valence-electron chi connectivity index (χ4n) is 3.74. The first-order valence-corrected chi connectivity index (χ1v) is 8.58. The monoisotopic (exact) mass is 299 g/mol. The summed E-state index contributed by atoms with van der Waals surface area (Å²) in [4.78, 5) is 0. The highest BCUT2D eigenvalue weighted by atomic mass is 16.5. The van der Waals surface area contributed by atoms with E-state index in [2.05, 4.69) is 58.8 Å². The number of aryl methyl sites for hydroxylation is 1. The second kappa shape index (κ2) is 5.11. The molecule has 2 heteroatoms. The van der Waals surface area contributed by atoms with Gasteiger partial charge in [-0.25, -0.2) is 0 Å². The van der Waals surface area contributed by atoms with Crippen LogP contribution in [0.15, 0.2) is 16.7 Å². The van der Waals surface area contributed by atoms with Crippen molar-refractivity contribution in [3.05, 3.63) is 29.0 Å². The number of benzene rings is 1. The molecule has 0 saturated heterocycles. The Bertz CT molecular complexity index is 682. The molecule has 3 rings (SSSR count). The van der Waals surface area contributed by atoms with Crippen LogP contribution in [-0.4, -0.2) is 5.16 Å². The second-order valence-electron chi connectivity index (χ2n) is 9.02. The molecule has 2 aromatic rings. The van der Waals surface area contributed by atoms with Crippen molar-refractivity contribution >= 4 is 11.0 Å². The summed E-state index contributed by atoms with van der Waals surface area (Å²) in [6, 6.07) is 4.56. The van der Waals surface area contributed by atoms with Crippen molar-refractivity contribution < 1.29 is 4.52 Å². The summed E-state index contributed by atoms with van der Waals surface area (Å²) in [7, 11) is 0. The van der Waals surface area contributed by atoms with Crippen molar-refractivity contribution in [2.75, 3.05) is 0 Å². The van der Waals surface area contributed by atoms with Crippen LogP contribution in [-0.2, 0) is 18.3 Å². The summed E-state index contributed by atoms with van der Waals surface area (Å²) in [5.74, 6) is 0.746. The van der Waals surface area contributed by atoms with Crippen LogP contribution in [0.2, 0.25) is 0 Å². The summed E-state index contributed by atoms with van der Waals surface area (Å²) in [6.07, 6.45) is 4.85. The van der Waals surface area contributed by atoms with Gasteiger partial charge in [-0.05, 0) is 48.6 Å². The van der Waals surface area contributed by atoms with Crippen LogP contribution < -0.4 is 0 Å². The molecule has 1 aromatic carbocycles. The minimum absolute atomic E-state index is 0.0260. The molecule has 0 spiro atoms. The SMILES string of the molecule is CC(C)(C)c1noc2c3c(ccc12)CC(C(C)(C)C)CCC3. The summed E-state index contributed by atoms with van der Waals surface area (Å²) < 4.78 is 5.80. The van der Waals surface area contributed by atoms with Crippen LogP contribution in [0.5, 0.6) is 0 Å². The molecule has 0 amide bonds. The highest BCUT2D eigenvalue weighted by Gasteiger charge is 2.30. The van der Waals surface area contributed by atoms with Gasteiger partial charge >= 0.3 is 0 Å². The second-order valence-corrected chi connectivity index (χ2v) is 9.02. The van der Waals surface area contributed by atoms with Crippen molar-refractivity contribution in [2.24, 2.45) is 11.3 Å². The van der Waals surface area contributed by atoms with Crippen molar-refractivity contribution in [3.63, 3.8) is 0 Å². The van der Waals surface area contributed by atoms with Gasteiger partial charge in [-0.15, -0.1) is 0 Å². The van der Waals surface area contributed by atoms with Gasteiger partial charge in [0, 0.05) is 16.4 Å². The van der Waals surface area contributed by atoms with Crippen LogP contribution in [0.1, 0.15) is 71.2 Å². The first kappa shape index (κ1) is 15.6. The molecule has 120 valence electrons. The Hall–Kier alpha value is -1.31. The van der Waals surface area contributed by atoms with Crippen LogP contribution in [0.3, 0.4) is 0 Å². The normalized spacial score (nSPS) is 20.0. The highest BCUT2D eigenvalue weighted by molar-refractivity contribution is 5.84. The van der Waals surface area contributed by atoms with Gasteiger partial charge in [-0.2, -0.15) is 0 Å². The van der Waals surface area contributed by atoms with E-state index < -0.39 is 0 Å². The lowest BCUT2D eigenvalue weighted by molar-refractivity contribution is 0.224. The van der Waals surface area contributed by atoms with Gasteiger partial charge in [0.15, 0.2) is 5.58 Å². The van der Waals surface area contributed by atoms with E-state index in [1.807, 2.05) is 0 Å². The number of hydrogen-bond acceptors (Lipinski definition) is 2. The summed E-state index contributed by atoms with van der Waals surface area (Å²) in [6.45, 7) is 13.7. The van der Waals surface area contributed by atoms with Crippen LogP contribution >= 0.6 is 0 Å². The van der Waals surface area contributed by atoms with E-state index in [9.17, 15) is 0 Å². The third-order valence-electron chi connectivity index (χ3n) is 5.22. The van der Waals surface area contributed by atoms with E-state index >= 15 is 0 Å². The maximum Gasteiger partial charge on any atom is 0.170 e. The van der Waals surface area contributed by atoms with E-state index in [4.69, 9.17) is 4.52 Å². The molecule has 0 saturated carbocycles. The van der Waals surface area contributed by atoms with Crippen LogP contribution in [0.25, 0.3) is 11.0 Å². The van der Waals surface area contributed by atoms with E-state index in [1.54, 1.807) is 0 Å². The average Bonchev–Trinajstić information content (AvgIpc) is 2.69. The number of aromatic nitrogens is 1. The first-order chi connectivity index (χ1) is 10.2. The summed E-state index contributed by atoms with van der Waals surface area (Å²) >= 11 is 0. The fraction of sp³-hybridized carbons (Fsp3) is 0.650. The minimum Gasteiger partial charge on any atom is -0.356 e. The Balaban J connectivity index is 2.09. The molecule has 0 radical (unpaired) electrons. The highest BCUT2D eigenvalue weighted by Crippen LogP contribution is 2.39. The molecule has 1 unspecified atom stereocenters. The Morgan fingerprint density at radius 3 is 2.45 bits per heavy atom. The molecular weight excluding hydrogens is 270 g/mol. The minimum atomic E-state index is 0.0260. The quantitative estimate of drug-likeness (QED) is 0.586. The Morgan fingerprint density at radius 2 is 1.82 bits per heavy atom. The third kappa shape index (κ3) is 2.68. The van der Waals surface area contributed by atoms with Gasteiger partial charge in [0.05, 0.1) is 5.69 Å². The van der Waals surface area contributed by atoms with Gasteiger partial charge in [0.2, 0.25) is 0 Å². The van der Waals surface area contributed by atoms with Gasteiger partial charge in [-0.1, -0.05) is 52.8 Å². The van der Waals surface area contributed by atoms with Gasteiger partial charge < -0.3 is 4.52 Å². The third-order valence-corrected chi connectivity index (χ3v) is 5.22. The molecule has 0 fully saturated rings. The molecule has 2 nitrogen and oxygen atoms in total.